The summed E-state index contributed by atoms with van der Waals surface area (Å²) in [5.74, 6) is 0.338. The third-order valence-electron chi connectivity index (χ3n) is 1.11. The lowest BCUT2D eigenvalue weighted by atomic mass is 10.1. The fourth-order valence-corrected chi connectivity index (χ4v) is 0.795. The highest BCUT2D eigenvalue weighted by atomic mass is 35.5. The molecule has 2 nitrogen and oxygen atoms in total. The van der Waals surface area contributed by atoms with Crippen LogP contribution in [0.2, 0.25) is 0 Å². The van der Waals surface area contributed by atoms with Gasteiger partial charge in [0.15, 0.2) is 0 Å². The maximum atomic E-state index is 12.1. The number of hydrogen-bond acceptors (Lipinski definition) is 1. The number of hydrogen-bond donors (Lipinski definition) is 0. The fraction of sp³-hybridized carbons (Fsp3) is 0.500. The van der Waals surface area contributed by atoms with E-state index in [2.05, 4.69) is 16.7 Å². The van der Waals surface area contributed by atoms with Crippen LogP contribution in [0.3, 0.4) is 0 Å². The molecule has 4 heteroatoms. The molecule has 0 N–H and O–H groups in total. The maximum absolute atomic E-state index is 12.1. The Morgan fingerprint density at radius 1 is 1.67 bits per heavy atom. The Morgan fingerprint density at radius 3 is 2.58 bits per heavy atom. The van der Waals surface area contributed by atoms with Gasteiger partial charge in [-0.1, -0.05) is 13.8 Å². The molecule has 0 atom stereocenters. The molecule has 12 heavy (non-hydrogen) atoms. The second-order valence-electron chi connectivity index (χ2n) is 2.74. The maximum Gasteiger partial charge on any atom is 0.222 e. The van der Waals surface area contributed by atoms with Crippen LogP contribution in [0.1, 0.15) is 20.3 Å². The monoisotopic (exact) mass is 190 g/mol. The first-order chi connectivity index (χ1) is 5.60. The molecule has 0 amide bonds. The van der Waals surface area contributed by atoms with E-state index in [0.717, 1.165) is 0 Å². The highest BCUT2D eigenvalue weighted by Gasteiger charge is 2.00. The molecule has 0 radical (unpaired) electrons. The van der Waals surface area contributed by atoms with Gasteiger partial charge in [0, 0.05) is 0 Å². The SMILES string of the molecule is C=N/C(Cl)=N\C(=C/F)CC(C)C. The predicted octanol–water partition coefficient (Wildman–Crippen LogP) is 3.14. The van der Waals surface area contributed by atoms with E-state index in [-0.39, 0.29) is 5.29 Å². The van der Waals surface area contributed by atoms with Crippen molar-refractivity contribution in [2.75, 3.05) is 0 Å². The van der Waals surface area contributed by atoms with E-state index in [9.17, 15) is 4.39 Å². The zero-order valence-corrected chi connectivity index (χ0v) is 7.98. The zero-order valence-electron chi connectivity index (χ0n) is 7.22. The van der Waals surface area contributed by atoms with Crippen molar-refractivity contribution in [2.24, 2.45) is 15.9 Å². The van der Waals surface area contributed by atoms with Gasteiger partial charge in [-0.25, -0.2) is 14.4 Å². The predicted molar refractivity (Wildman–Crippen MR) is 51.5 cm³/mol. The lowest BCUT2D eigenvalue weighted by molar-refractivity contribution is 0.614. The first-order valence-electron chi connectivity index (χ1n) is 3.60. The third-order valence-corrected chi connectivity index (χ3v) is 1.31. The van der Waals surface area contributed by atoms with Crippen LogP contribution < -0.4 is 0 Å². The Balaban J connectivity index is 4.29. The van der Waals surface area contributed by atoms with Gasteiger partial charge in [0.05, 0.1) is 5.70 Å². The summed E-state index contributed by atoms with van der Waals surface area (Å²) in [6, 6.07) is 0. The molecular weight excluding hydrogens is 179 g/mol. The van der Waals surface area contributed by atoms with Crippen molar-refractivity contribution < 1.29 is 4.39 Å². The summed E-state index contributed by atoms with van der Waals surface area (Å²) in [6.45, 7) is 7.10. The fourth-order valence-electron chi connectivity index (χ4n) is 0.687. The smallest absolute Gasteiger partial charge is 0.222 e. The van der Waals surface area contributed by atoms with Crippen LogP contribution in [-0.4, -0.2) is 12.0 Å². The first-order valence-corrected chi connectivity index (χ1v) is 3.98. The summed E-state index contributed by atoms with van der Waals surface area (Å²) in [5, 5.41) is -0.0282. The minimum atomic E-state index is -0.0282. The third kappa shape index (κ3) is 5.02. The van der Waals surface area contributed by atoms with E-state index < -0.39 is 0 Å². The Morgan fingerprint density at radius 2 is 2.25 bits per heavy atom. The molecule has 68 valence electrons. The van der Waals surface area contributed by atoms with Gasteiger partial charge >= 0.3 is 0 Å². The molecule has 0 saturated heterocycles. The number of allylic oxidation sites excluding steroid dienone is 1. The van der Waals surface area contributed by atoms with E-state index in [0.29, 0.717) is 24.4 Å². The topological polar surface area (TPSA) is 24.7 Å². The lowest BCUT2D eigenvalue weighted by Gasteiger charge is -2.02. The zero-order chi connectivity index (χ0) is 9.56. The molecule has 0 fully saturated rings. The van der Waals surface area contributed by atoms with Crippen LogP contribution in [0.15, 0.2) is 22.0 Å². The Kier molecular flexibility index (Phi) is 5.54. The molecule has 0 aromatic heterocycles. The first kappa shape index (κ1) is 11.3. The van der Waals surface area contributed by atoms with E-state index in [1.54, 1.807) is 0 Å². The van der Waals surface area contributed by atoms with Crippen molar-refractivity contribution in [3.63, 3.8) is 0 Å². The highest BCUT2D eigenvalue weighted by Crippen LogP contribution is 2.13. The Hall–Kier alpha value is -0.700. The van der Waals surface area contributed by atoms with Gasteiger partial charge in [0.2, 0.25) is 5.29 Å². The summed E-state index contributed by atoms with van der Waals surface area (Å²) in [6.07, 6.45) is 0.982. The molecule has 0 bridgehead atoms. The normalized spacial score (nSPS) is 13.8. The number of nitrogens with zero attached hydrogens (tertiary/aromatic N) is 2. The van der Waals surface area contributed by atoms with Gasteiger partial charge in [0.1, 0.15) is 6.33 Å². The second kappa shape index (κ2) is 5.89. The molecule has 0 aliphatic heterocycles. The average Bonchev–Trinajstić information content (AvgIpc) is 2.02. The van der Waals surface area contributed by atoms with Crippen molar-refractivity contribution in [2.45, 2.75) is 20.3 Å². The summed E-state index contributed by atoms with van der Waals surface area (Å²) < 4.78 is 12.1. The number of amidine groups is 1. The van der Waals surface area contributed by atoms with Crippen LogP contribution in [0.4, 0.5) is 4.39 Å². The van der Waals surface area contributed by atoms with Crippen molar-refractivity contribution in [1.82, 2.24) is 0 Å². The largest absolute Gasteiger partial charge is 0.234 e. The molecule has 0 saturated carbocycles. The summed E-state index contributed by atoms with van der Waals surface area (Å²) >= 11 is 5.44. The molecule has 0 aromatic carbocycles. The van der Waals surface area contributed by atoms with Crippen LogP contribution in [-0.2, 0) is 0 Å². The van der Waals surface area contributed by atoms with Gasteiger partial charge in [-0.05, 0) is 30.7 Å². The Labute approximate surface area is 76.9 Å². The molecule has 0 aliphatic rings. The minimum Gasteiger partial charge on any atom is -0.234 e. The summed E-state index contributed by atoms with van der Waals surface area (Å²) in [7, 11) is 0. The van der Waals surface area contributed by atoms with Crippen LogP contribution in [0.25, 0.3) is 0 Å². The molecule has 0 unspecified atom stereocenters. The lowest BCUT2D eigenvalue weighted by Crippen LogP contribution is -1.91. The summed E-state index contributed by atoms with van der Waals surface area (Å²) in [4.78, 5) is 7.03. The standard InChI is InChI=1S/C8H12ClFN2/c1-6(2)4-7(5-10)12-8(9)11-3/h5-6H,3-4H2,1-2H3/b7-5-,12-8-. The quantitative estimate of drug-likeness (QED) is 0.371. The van der Waals surface area contributed by atoms with Gasteiger partial charge < -0.3 is 0 Å². The number of rotatable bonds is 3. The number of halogens is 2. The van der Waals surface area contributed by atoms with Crippen LogP contribution in [0, 0.1) is 5.92 Å². The number of aliphatic imine (C=N–C) groups is 2. The Bertz CT molecular complexity index is 209. The van der Waals surface area contributed by atoms with Gasteiger partial charge in [-0.3, -0.25) is 0 Å². The molecule has 0 aliphatic carbocycles. The molecule has 0 aromatic rings. The van der Waals surface area contributed by atoms with E-state index in [1.165, 1.54) is 0 Å². The van der Waals surface area contributed by atoms with Gasteiger partial charge in [-0.2, -0.15) is 0 Å². The van der Waals surface area contributed by atoms with E-state index in [4.69, 9.17) is 11.6 Å². The van der Waals surface area contributed by atoms with E-state index in [1.807, 2.05) is 13.8 Å². The highest BCUT2D eigenvalue weighted by molar-refractivity contribution is 6.65. The average molecular weight is 191 g/mol. The molecular formula is C8H12ClFN2. The molecule has 0 spiro atoms. The second-order valence-corrected chi connectivity index (χ2v) is 3.08. The van der Waals surface area contributed by atoms with Crippen molar-refractivity contribution in [3.05, 3.63) is 12.0 Å². The van der Waals surface area contributed by atoms with Crippen LogP contribution in [0.5, 0.6) is 0 Å². The minimum absolute atomic E-state index is 0.0282. The van der Waals surface area contributed by atoms with E-state index >= 15 is 0 Å². The van der Waals surface area contributed by atoms with Gasteiger partial charge in [-0.15, -0.1) is 0 Å². The van der Waals surface area contributed by atoms with Crippen molar-refractivity contribution in [1.29, 1.82) is 0 Å². The molecule has 0 heterocycles. The van der Waals surface area contributed by atoms with Crippen molar-refractivity contribution in [3.8, 4) is 0 Å². The van der Waals surface area contributed by atoms with Gasteiger partial charge in [0.25, 0.3) is 0 Å². The van der Waals surface area contributed by atoms with Crippen molar-refractivity contribution >= 4 is 23.6 Å². The molecule has 0 rings (SSSR count). The van der Waals surface area contributed by atoms with Crippen LogP contribution >= 0.6 is 11.6 Å². The summed E-state index contributed by atoms with van der Waals surface area (Å²) in [5.41, 5.74) is 0.294.